The Morgan fingerprint density at radius 1 is 1.33 bits per heavy atom. The molecule has 5 nitrogen and oxygen atoms in total. The van der Waals surface area contributed by atoms with Crippen molar-refractivity contribution in [3.8, 4) is 0 Å². The van der Waals surface area contributed by atoms with Crippen LogP contribution in [0.2, 0.25) is 0 Å². The summed E-state index contributed by atoms with van der Waals surface area (Å²) in [5.74, 6) is -0.736. The molecular weight excluding hydrogens is 268 g/mol. The molecule has 2 amide bonds. The monoisotopic (exact) mass is 296 g/mol. The third-order valence-electron chi connectivity index (χ3n) is 5.58. The Hall–Kier alpha value is -1.26. The number of carboxylic acid groups (broad SMARTS) is 1. The number of rotatable bonds is 3. The van der Waals surface area contributed by atoms with Crippen molar-refractivity contribution >= 4 is 12.0 Å². The third kappa shape index (κ3) is 2.62. The Morgan fingerprint density at radius 2 is 2.00 bits per heavy atom. The minimum absolute atomic E-state index is 0.0331. The zero-order valence-electron chi connectivity index (χ0n) is 13.6. The molecule has 3 unspecified atom stereocenters. The Morgan fingerprint density at radius 3 is 2.48 bits per heavy atom. The van der Waals surface area contributed by atoms with Gasteiger partial charge in [-0.3, -0.25) is 4.79 Å². The van der Waals surface area contributed by atoms with E-state index in [0.29, 0.717) is 25.6 Å². The number of carbonyl (C=O) groups is 2. The van der Waals surface area contributed by atoms with Gasteiger partial charge in [-0.05, 0) is 38.5 Å². The second-order valence-corrected chi connectivity index (χ2v) is 6.97. The van der Waals surface area contributed by atoms with E-state index in [4.69, 9.17) is 0 Å². The van der Waals surface area contributed by atoms with Crippen LogP contribution in [0, 0.1) is 11.3 Å². The van der Waals surface area contributed by atoms with Crippen LogP contribution in [0.4, 0.5) is 4.79 Å². The number of amides is 2. The first-order valence-electron chi connectivity index (χ1n) is 8.14. The van der Waals surface area contributed by atoms with E-state index in [2.05, 4.69) is 13.8 Å². The number of nitrogens with zero attached hydrogens (tertiary/aromatic N) is 2. The van der Waals surface area contributed by atoms with Gasteiger partial charge in [-0.15, -0.1) is 0 Å². The Balaban J connectivity index is 2.13. The smallest absolute Gasteiger partial charge is 0.320 e. The van der Waals surface area contributed by atoms with Crippen molar-refractivity contribution in [3.05, 3.63) is 0 Å². The first kappa shape index (κ1) is 16.1. The molecule has 0 aliphatic carbocycles. The second-order valence-electron chi connectivity index (χ2n) is 6.97. The molecule has 0 bridgehead atoms. The maximum atomic E-state index is 12.8. The summed E-state index contributed by atoms with van der Waals surface area (Å²) in [6.45, 7) is 8.99. The van der Waals surface area contributed by atoms with Gasteiger partial charge in [0.25, 0.3) is 0 Å². The molecule has 2 heterocycles. The number of hydrogen-bond donors (Lipinski definition) is 1. The minimum Gasteiger partial charge on any atom is -0.481 e. The van der Waals surface area contributed by atoms with Crippen LogP contribution in [-0.2, 0) is 4.79 Å². The van der Waals surface area contributed by atoms with E-state index in [1.54, 1.807) is 4.90 Å². The highest BCUT2D eigenvalue weighted by Crippen LogP contribution is 2.39. The molecule has 5 heteroatoms. The first-order chi connectivity index (χ1) is 9.83. The average Bonchev–Trinajstić information content (AvgIpc) is 3.02. The number of aliphatic carboxylic acids is 1. The summed E-state index contributed by atoms with van der Waals surface area (Å²) in [5, 5.41) is 9.60. The first-order valence-corrected chi connectivity index (χ1v) is 8.14. The predicted molar refractivity (Wildman–Crippen MR) is 81.1 cm³/mol. The second kappa shape index (κ2) is 5.85. The molecular formula is C16H28N2O3. The molecule has 0 saturated carbocycles. The highest BCUT2D eigenvalue weighted by Gasteiger charge is 2.50. The van der Waals surface area contributed by atoms with E-state index in [1.807, 2.05) is 18.7 Å². The summed E-state index contributed by atoms with van der Waals surface area (Å²) in [4.78, 5) is 28.3. The quantitative estimate of drug-likeness (QED) is 0.871. The highest BCUT2D eigenvalue weighted by atomic mass is 16.4. The fraction of sp³-hybridized carbons (Fsp3) is 0.875. The topological polar surface area (TPSA) is 60.9 Å². The van der Waals surface area contributed by atoms with E-state index >= 15 is 0 Å². The average molecular weight is 296 g/mol. The van der Waals surface area contributed by atoms with Crippen molar-refractivity contribution < 1.29 is 14.7 Å². The van der Waals surface area contributed by atoms with Crippen LogP contribution >= 0.6 is 0 Å². The van der Waals surface area contributed by atoms with E-state index in [9.17, 15) is 14.7 Å². The van der Waals surface area contributed by atoms with E-state index < -0.39 is 11.4 Å². The molecule has 0 aromatic carbocycles. The van der Waals surface area contributed by atoms with E-state index in [0.717, 1.165) is 19.3 Å². The molecule has 2 fully saturated rings. The van der Waals surface area contributed by atoms with Gasteiger partial charge in [-0.1, -0.05) is 20.8 Å². The van der Waals surface area contributed by atoms with Crippen molar-refractivity contribution in [1.29, 1.82) is 0 Å². The van der Waals surface area contributed by atoms with E-state index in [-0.39, 0.29) is 18.0 Å². The summed E-state index contributed by atoms with van der Waals surface area (Å²) in [6, 6.07) is 0.614. The summed E-state index contributed by atoms with van der Waals surface area (Å²) >= 11 is 0. The molecule has 1 N–H and O–H groups in total. The normalized spacial score (nSPS) is 33.0. The maximum absolute atomic E-state index is 12.8. The third-order valence-corrected chi connectivity index (χ3v) is 5.58. The predicted octanol–water partition coefficient (Wildman–Crippen LogP) is 2.80. The van der Waals surface area contributed by atoms with Crippen LogP contribution in [0.3, 0.4) is 0 Å². The molecule has 0 radical (unpaired) electrons. The fourth-order valence-corrected chi connectivity index (χ4v) is 3.87. The number of likely N-dealkylation sites (tertiary alicyclic amines) is 2. The van der Waals surface area contributed by atoms with Crippen molar-refractivity contribution in [2.75, 3.05) is 13.1 Å². The lowest BCUT2D eigenvalue weighted by Gasteiger charge is -2.34. The van der Waals surface area contributed by atoms with E-state index in [1.165, 1.54) is 0 Å². The van der Waals surface area contributed by atoms with Gasteiger partial charge >= 0.3 is 12.0 Å². The number of hydrogen-bond acceptors (Lipinski definition) is 2. The Labute approximate surface area is 127 Å². The minimum atomic E-state index is -0.777. The zero-order chi connectivity index (χ0) is 15.8. The molecule has 0 aromatic rings. The molecule has 2 aliphatic heterocycles. The van der Waals surface area contributed by atoms with Gasteiger partial charge < -0.3 is 14.9 Å². The van der Waals surface area contributed by atoms with Gasteiger partial charge in [0.15, 0.2) is 0 Å². The number of urea groups is 1. The van der Waals surface area contributed by atoms with Crippen LogP contribution in [0.1, 0.15) is 53.4 Å². The molecule has 0 spiro atoms. The zero-order valence-corrected chi connectivity index (χ0v) is 13.6. The lowest BCUT2D eigenvalue weighted by atomic mass is 9.76. The van der Waals surface area contributed by atoms with Crippen LogP contribution in [0.25, 0.3) is 0 Å². The molecule has 2 rings (SSSR count). The van der Waals surface area contributed by atoms with Crippen LogP contribution in [0.15, 0.2) is 0 Å². The van der Waals surface area contributed by atoms with Crippen LogP contribution in [0.5, 0.6) is 0 Å². The number of carboxylic acids is 1. The fourth-order valence-electron chi connectivity index (χ4n) is 3.87. The Kier molecular flexibility index (Phi) is 4.49. The van der Waals surface area contributed by atoms with Crippen LogP contribution < -0.4 is 0 Å². The Bertz CT molecular complexity index is 424. The van der Waals surface area contributed by atoms with Gasteiger partial charge in [0.2, 0.25) is 0 Å². The van der Waals surface area contributed by atoms with Crippen molar-refractivity contribution in [3.63, 3.8) is 0 Å². The van der Waals surface area contributed by atoms with Crippen molar-refractivity contribution in [2.24, 2.45) is 11.3 Å². The van der Waals surface area contributed by atoms with Gasteiger partial charge in [0.05, 0.1) is 5.41 Å². The molecule has 2 saturated heterocycles. The molecule has 0 aromatic heterocycles. The summed E-state index contributed by atoms with van der Waals surface area (Å²) in [6.07, 6.45) is 3.64. The molecule has 3 atom stereocenters. The van der Waals surface area contributed by atoms with Gasteiger partial charge in [0, 0.05) is 25.2 Å². The van der Waals surface area contributed by atoms with Crippen LogP contribution in [-0.4, -0.2) is 52.1 Å². The lowest BCUT2D eigenvalue weighted by molar-refractivity contribution is -0.150. The van der Waals surface area contributed by atoms with Gasteiger partial charge in [0.1, 0.15) is 0 Å². The summed E-state index contributed by atoms with van der Waals surface area (Å²) in [7, 11) is 0. The highest BCUT2D eigenvalue weighted by molar-refractivity contribution is 5.80. The largest absolute Gasteiger partial charge is 0.481 e. The molecule has 120 valence electrons. The molecule has 2 aliphatic rings. The SMILES string of the molecule is CCC1CCC(C)N1C(=O)N1CCC(C(=O)O)(C(C)C)C1. The lowest BCUT2D eigenvalue weighted by Crippen LogP contribution is -2.49. The summed E-state index contributed by atoms with van der Waals surface area (Å²) in [5.41, 5.74) is -0.777. The van der Waals surface area contributed by atoms with Crippen molar-refractivity contribution in [1.82, 2.24) is 9.80 Å². The van der Waals surface area contributed by atoms with Gasteiger partial charge in [-0.2, -0.15) is 0 Å². The maximum Gasteiger partial charge on any atom is 0.320 e. The van der Waals surface area contributed by atoms with Crippen molar-refractivity contribution in [2.45, 2.75) is 65.5 Å². The number of carbonyl (C=O) groups excluding carboxylic acids is 1. The standard InChI is InChI=1S/C16H28N2O3/c1-5-13-7-6-12(4)18(13)15(21)17-9-8-16(10-17,11(2)3)14(19)20/h11-13H,5-10H2,1-4H3,(H,19,20). The summed E-state index contributed by atoms with van der Waals surface area (Å²) < 4.78 is 0. The van der Waals surface area contributed by atoms with Gasteiger partial charge in [-0.25, -0.2) is 4.79 Å². The molecule has 21 heavy (non-hydrogen) atoms.